The zero-order chi connectivity index (χ0) is 8.72. The Morgan fingerprint density at radius 3 is 2.46 bits per heavy atom. The van der Waals surface area contributed by atoms with Crippen molar-refractivity contribution < 1.29 is 10.2 Å². The molecule has 5 heteroatoms. The van der Waals surface area contributed by atoms with E-state index in [1.165, 1.54) is 12.1 Å². The van der Waals surface area contributed by atoms with Gasteiger partial charge in [0.1, 0.15) is 28.4 Å². The van der Waals surface area contributed by atoms with Gasteiger partial charge < -0.3 is 15.2 Å². The molecular formula is C8H9ClN2O2. The molecule has 13 heavy (non-hydrogen) atoms. The van der Waals surface area contributed by atoms with Crippen LogP contribution in [-0.4, -0.2) is 20.2 Å². The van der Waals surface area contributed by atoms with Crippen LogP contribution in [0.2, 0.25) is 0 Å². The molecule has 0 bridgehead atoms. The van der Waals surface area contributed by atoms with Crippen LogP contribution in [-0.2, 0) is 0 Å². The highest BCUT2D eigenvalue weighted by molar-refractivity contribution is 5.86. The summed E-state index contributed by atoms with van der Waals surface area (Å²) in [5.74, 6) is 0.845. The minimum atomic E-state index is 0. The number of phenols is 2. The van der Waals surface area contributed by atoms with Crippen molar-refractivity contribution in [3.63, 3.8) is 0 Å². The number of nitrogens with zero attached hydrogens (tertiary/aromatic N) is 1. The molecule has 0 aliphatic rings. The summed E-state index contributed by atoms with van der Waals surface area (Å²) in [6.45, 7) is 1.76. The summed E-state index contributed by atoms with van der Waals surface area (Å²) >= 11 is 0. The average Bonchev–Trinajstić information content (AvgIpc) is 2.41. The lowest BCUT2D eigenvalue weighted by Gasteiger charge is -1.94. The highest BCUT2D eigenvalue weighted by Gasteiger charge is 2.07. The Morgan fingerprint density at radius 2 is 1.85 bits per heavy atom. The predicted molar refractivity (Wildman–Crippen MR) is 51.4 cm³/mol. The molecule has 2 aromatic rings. The van der Waals surface area contributed by atoms with Crippen molar-refractivity contribution >= 4 is 23.4 Å². The van der Waals surface area contributed by atoms with E-state index in [4.69, 9.17) is 0 Å². The van der Waals surface area contributed by atoms with E-state index in [0.717, 1.165) is 0 Å². The van der Waals surface area contributed by atoms with Crippen LogP contribution in [0.4, 0.5) is 0 Å². The number of hydrogen-bond donors (Lipinski definition) is 3. The van der Waals surface area contributed by atoms with Gasteiger partial charge in [-0.1, -0.05) is 0 Å². The van der Waals surface area contributed by atoms with Gasteiger partial charge in [0, 0.05) is 0 Å². The van der Waals surface area contributed by atoms with Crippen molar-refractivity contribution in [1.29, 1.82) is 0 Å². The topological polar surface area (TPSA) is 69.1 Å². The second-order valence-corrected chi connectivity index (χ2v) is 2.65. The first kappa shape index (κ1) is 9.67. The molecule has 1 aromatic carbocycles. The third kappa shape index (κ3) is 1.40. The van der Waals surface area contributed by atoms with Gasteiger partial charge in [-0.3, -0.25) is 0 Å². The first-order valence-corrected chi connectivity index (χ1v) is 3.56. The second-order valence-electron chi connectivity index (χ2n) is 2.65. The molecule has 70 valence electrons. The number of H-pyrrole nitrogens is 1. The molecule has 0 fully saturated rings. The quantitative estimate of drug-likeness (QED) is 0.567. The third-order valence-electron chi connectivity index (χ3n) is 1.72. The van der Waals surface area contributed by atoms with Gasteiger partial charge in [0.05, 0.1) is 0 Å². The Morgan fingerprint density at radius 1 is 1.23 bits per heavy atom. The molecule has 4 nitrogen and oxygen atoms in total. The van der Waals surface area contributed by atoms with Gasteiger partial charge in [0.25, 0.3) is 0 Å². The van der Waals surface area contributed by atoms with Crippen molar-refractivity contribution in [2.75, 3.05) is 0 Å². The smallest absolute Gasteiger partial charge is 0.143 e. The Kier molecular flexibility index (Phi) is 2.34. The summed E-state index contributed by atoms with van der Waals surface area (Å²) in [7, 11) is 0. The van der Waals surface area contributed by atoms with Crippen molar-refractivity contribution in [3.05, 3.63) is 18.0 Å². The predicted octanol–water partition coefficient (Wildman–Crippen LogP) is 1.70. The Hall–Kier alpha value is -1.42. The number of hydrogen-bond acceptors (Lipinski definition) is 3. The van der Waals surface area contributed by atoms with Gasteiger partial charge in [0.2, 0.25) is 0 Å². The number of aromatic hydroxyl groups is 2. The molecular weight excluding hydrogens is 192 g/mol. The molecule has 0 atom stereocenters. The third-order valence-corrected chi connectivity index (χ3v) is 1.72. The van der Waals surface area contributed by atoms with E-state index in [-0.39, 0.29) is 23.9 Å². The molecule has 0 saturated heterocycles. The van der Waals surface area contributed by atoms with E-state index < -0.39 is 0 Å². The molecule has 0 radical (unpaired) electrons. The van der Waals surface area contributed by atoms with E-state index >= 15 is 0 Å². The molecule has 0 saturated carbocycles. The van der Waals surface area contributed by atoms with Gasteiger partial charge in [0.15, 0.2) is 0 Å². The lowest BCUT2D eigenvalue weighted by Crippen LogP contribution is -1.72. The van der Waals surface area contributed by atoms with E-state index in [1.807, 2.05) is 0 Å². The standard InChI is InChI=1S/C8H8N2O2.ClH/c1-4-9-7-5(11)2-3-6(12)8(7)10-4;/h2-3,11-12H,1H3,(H,9,10);1H. The number of aromatic nitrogens is 2. The highest BCUT2D eigenvalue weighted by atomic mass is 35.5. The van der Waals surface area contributed by atoms with Crippen LogP contribution in [0.5, 0.6) is 11.5 Å². The van der Waals surface area contributed by atoms with E-state index in [0.29, 0.717) is 16.9 Å². The Bertz CT molecular complexity index is 400. The number of imidazole rings is 1. The summed E-state index contributed by atoms with van der Waals surface area (Å²) in [6, 6.07) is 2.84. The molecule has 0 amide bonds. The monoisotopic (exact) mass is 200 g/mol. The van der Waals surface area contributed by atoms with Crippen molar-refractivity contribution in [2.24, 2.45) is 0 Å². The molecule has 3 N–H and O–H groups in total. The maximum atomic E-state index is 9.33. The summed E-state index contributed by atoms with van der Waals surface area (Å²) < 4.78 is 0. The average molecular weight is 201 g/mol. The van der Waals surface area contributed by atoms with E-state index in [9.17, 15) is 10.2 Å². The zero-order valence-corrected chi connectivity index (χ0v) is 7.72. The van der Waals surface area contributed by atoms with Crippen LogP contribution in [0.3, 0.4) is 0 Å². The number of fused-ring (bicyclic) bond motifs is 1. The summed E-state index contributed by atoms with van der Waals surface area (Å²) in [4.78, 5) is 6.85. The minimum absolute atomic E-state index is 0. The summed E-state index contributed by atoms with van der Waals surface area (Å²) in [6.07, 6.45) is 0. The second kappa shape index (κ2) is 3.14. The first-order valence-electron chi connectivity index (χ1n) is 3.56. The normalized spacial score (nSPS) is 9.92. The largest absolute Gasteiger partial charge is 0.506 e. The minimum Gasteiger partial charge on any atom is -0.506 e. The van der Waals surface area contributed by atoms with Crippen molar-refractivity contribution in [3.8, 4) is 11.5 Å². The molecule has 2 rings (SSSR count). The number of halogens is 1. The Balaban J connectivity index is 0.000000845. The lowest BCUT2D eigenvalue weighted by atomic mass is 10.3. The van der Waals surface area contributed by atoms with Crippen LogP contribution in [0, 0.1) is 6.92 Å². The van der Waals surface area contributed by atoms with Crippen LogP contribution in [0.25, 0.3) is 11.0 Å². The first-order chi connectivity index (χ1) is 5.68. The summed E-state index contributed by atoms with van der Waals surface area (Å²) in [5, 5.41) is 18.6. The maximum absolute atomic E-state index is 9.33. The van der Waals surface area contributed by atoms with Gasteiger partial charge in [-0.2, -0.15) is 0 Å². The number of aromatic amines is 1. The summed E-state index contributed by atoms with van der Waals surface area (Å²) in [5.41, 5.74) is 0.889. The molecule has 0 spiro atoms. The van der Waals surface area contributed by atoms with E-state index in [2.05, 4.69) is 9.97 Å². The number of phenolic OH excluding ortho intramolecular Hbond substituents is 2. The van der Waals surface area contributed by atoms with E-state index in [1.54, 1.807) is 6.92 Å². The van der Waals surface area contributed by atoms with Gasteiger partial charge in [-0.05, 0) is 19.1 Å². The fourth-order valence-corrected chi connectivity index (χ4v) is 1.18. The van der Waals surface area contributed by atoms with Gasteiger partial charge in [-0.25, -0.2) is 4.98 Å². The fraction of sp³-hybridized carbons (Fsp3) is 0.125. The number of aryl methyl sites for hydroxylation is 1. The molecule has 0 aliphatic heterocycles. The number of nitrogens with one attached hydrogen (secondary N) is 1. The van der Waals surface area contributed by atoms with Crippen LogP contribution >= 0.6 is 12.4 Å². The van der Waals surface area contributed by atoms with Crippen LogP contribution in [0.15, 0.2) is 12.1 Å². The van der Waals surface area contributed by atoms with Crippen molar-refractivity contribution in [1.82, 2.24) is 9.97 Å². The number of rotatable bonds is 0. The Labute approximate surface area is 80.6 Å². The zero-order valence-electron chi connectivity index (χ0n) is 6.90. The molecule has 0 unspecified atom stereocenters. The van der Waals surface area contributed by atoms with Gasteiger partial charge in [-0.15, -0.1) is 12.4 Å². The maximum Gasteiger partial charge on any atom is 0.143 e. The molecule has 1 heterocycles. The number of benzene rings is 1. The molecule has 0 aliphatic carbocycles. The highest BCUT2D eigenvalue weighted by Crippen LogP contribution is 2.29. The lowest BCUT2D eigenvalue weighted by molar-refractivity contribution is 0.468. The van der Waals surface area contributed by atoms with Gasteiger partial charge >= 0.3 is 0 Å². The fourth-order valence-electron chi connectivity index (χ4n) is 1.18. The molecule has 1 aromatic heterocycles. The van der Waals surface area contributed by atoms with Crippen LogP contribution in [0.1, 0.15) is 5.82 Å². The van der Waals surface area contributed by atoms with Crippen LogP contribution < -0.4 is 0 Å². The SMILES string of the molecule is Cc1nc2c(O)ccc(O)c2[nH]1.Cl. The van der Waals surface area contributed by atoms with Crippen molar-refractivity contribution in [2.45, 2.75) is 6.92 Å².